The van der Waals surface area contributed by atoms with Gasteiger partial charge in [0.2, 0.25) is 5.91 Å². The van der Waals surface area contributed by atoms with E-state index in [1.54, 1.807) is 0 Å². The van der Waals surface area contributed by atoms with Gasteiger partial charge >= 0.3 is 0 Å². The van der Waals surface area contributed by atoms with Crippen LogP contribution in [0.5, 0.6) is 5.75 Å². The number of carbonyl (C=O) groups excluding carboxylic acids is 1. The van der Waals surface area contributed by atoms with Gasteiger partial charge in [-0.15, -0.1) is 0 Å². The maximum Gasteiger partial charge on any atom is 0.228 e. The highest BCUT2D eigenvalue weighted by Crippen LogP contribution is 2.33. The van der Waals surface area contributed by atoms with E-state index in [9.17, 15) is 4.79 Å². The summed E-state index contributed by atoms with van der Waals surface area (Å²) in [6.07, 6.45) is 2.26. The van der Waals surface area contributed by atoms with E-state index in [2.05, 4.69) is 32.2 Å². The molecule has 0 radical (unpaired) electrons. The second-order valence-corrected chi connectivity index (χ2v) is 6.65. The third-order valence-electron chi connectivity index (χ3n) is 4.06. The molecule has 1 aliphatic carbocycles. The maximum atomic E-state index is 12.6. The fourth-order valence-electron chi connectivity index (χ4n) is 2.62. The van der Waals surface area contributed by atoms with Crippen LogP contribution >= 0.6 is 15.9 Å². The molecule has 0 spiro atoms. The van der Waals surface area contributed by atoms with Crippen molar-refractivity contribution in [2.75, 3.05) is 19.7 Å². The summed E-state index contributed by atoms with van der Waals surface area (Å²) in [6.45, 7) is 4.90. The number of amides is 1. The van der Waals surface area contributed by atoms with Gasteiger partial charge in [-0.1, -0.05) is 15.9 Å². The fraction of sp³-hybridized carbons (Fsp3) is 0.562. The van der Waals surface area contributed by atoms with Crippen molar-refractivity contribution >= 4 is 21.8 Å². The Morgan fingerprint density at radius 3 is 2.76 bits per heavy atom. The topological polar surface area (TPSA) is 41.6 Å². The third-order valence-corrected chi connectivity index (χ3v) is 4.56. The molecule has 0 atom stereocenters. The molecule has 1 saturated heterocycles. The molecule has 1 aromatic carbocycles. The van der Waals surface area contributed by atoms with Gasteiger partial charge in [-0.3, -0.25) is 4.79 Å². The van der Waals surface area contributed by atoms with Gasteiger partial charge in [0.25, 0.3) is 0 Å². The van der Waals surface area contributed by atoms with Gasteiger partial charge < -0.3 is 15.0 Å². The lowest BCUT2D eigenvalue weighted by molar-refractivity contribution is -0.138. The summed E-state index contributed by atoms with van der Waals surface area (Å²) >= 11 is 3.51. The second kappa shape index (κ2) is 6.36. The molecule has 1 aromatic rings. The van der Waals surface area contributed by atoms with Crippen LogP contribution in [0.1, 0.15) is 25.3 Å². The van der Waals surface area contributed by atoms with E-state index in [0.29, 0.717) is 25.1 Å². The first-order chi connectivity index (χ1) is 10.2. The van der Waals surface area contributed by atoms with Gasteiger partial charge in [-0.05, 0) is 38.0 Å². The largest absolute Gasteiger partial charge is 0.494 e. The molecule has 3 rings (SSSR count). The lowest BCUT2D eigenvalue weighted by Crippen LogP contribution is -2.52. The van der Waals surface area contributed by atoms with Gasteiger partial charge in [0.05, 0.1) is 12.5 Å². The maximum absolute atomic E-state index is 12.6. The number of carbonyl (C=O) groups is 1. The quantitative estimate of drug-likeness (QED) is 0.855. The molecule has 21 heavy (non-hydrogen) atoms. The minimum atomic E-state index is 0.160. The molecular formula is C16H21BrN2O2. The molecule has 1 aliphatic heterocycles. The predicted molar refractivity (Wildman–Crippen MR) is 85.2 cm³/mol. The SMILES string of the molecule is CCOc1ccc(Br)cc1CN(C(=O)C1CNC1)C1CC1. The van der Waals surface area contributed by atoms with Crippen LogP contribution in [0.2, 0.25) is 0 Å². The zero-order chi connectivity index (χ0) is 14.8. The Morgan fingerprint density at radius 1 is 1.43 bits per heavy atom. The zero-order valence-corrected chi connectivity index (χ0v) is 13.9. The first kappa shape index (κ1) is 14.9. The predicted octanol–water partition coefficient (Wildman–Crippen LogP) is 2.56. The smallest absolute Gasteiger partial charge is 0.228 e. The van der Waals surface area contributed by atoms with Crippen molar-refractivity contribution in [3.05, 3.63) is 28.2 Å². The number of benzene rings is 1. The van der Waals surface area contributed by atoms with Gasteiger partial charge in [-0.25, -0.2) is 0 Å². The highest BCUT2D eigenvalue weighted by Gasteiger charge is 2.38. The van der Waals surface area contributed by atoms with E-state index >= 15 is 0 Å². The molecule has 5 heteroatoms. The summed E-state index contributed by atoms with van der Waals surface area (Å²) in [5, 5.41) is 3.18. The Hall–Kier alpha value is -1.07. The standard InChI is InChI=1S/C16H21BrN2O2/c1-2-21-15-6-3-13(17)7-11(15)10-19(14-4-5-14)16(20)12-8-18-9-12/h3,6-7,12,14,18H,2,4-5,8-10H2,1H3. The number of hydrogen-bond acceptors (Lipinski definition) is 3. The van der Waals surface area contributed by atoms with E-state index in [1.165, 1.54) is 0 Å². The molecule has 1 saturated carbocycles. The van der Waals surface area contributed by atoms with Gasteiger partial charge in [0, 0.05) is 35.7 Å². The van der Waals surface area contributed by atoms with Crippen LogP contribution in [-0.4, -0.2) is 36.5 Å². The number of rotatable bonds is 6. The Kier molecular flexibility index (Phi) is 4.50. The average molecular weight is 353 g/mol. The summed E-state index contributed by atoms with van der Waals surface area (Å²) in [4.78, 5) is 14.7. The molecule has 0 bridgehead atoms. The highest BCUT2D eigenvalue weighted by molar-refractivity contribution is 9.10. The number of nitrogens with zero attached hydrogens (tertiary/aromatic N) is 1. The van der Waals surface area contributed by atoms with Crippen molar-refractivity contribution in [3.63, 3.8) is 0 Å². The van der Waals surface area contributed by atoms with Crippen LogP contribution < -0.4 is 10.1 Å². The second-order valence-electron chi connectivity index (χ2n) is 5.74. The van der Waals surface area contributed by atoms with Gasteiger partial charge in [-0.2, -0.15) is 0 Å². The molecule has 2 fully saturated rings. The van der Waals surface area contributed by atoms with Crippen molar-refractivity contribution < 1.29 is 9.53 Å². The van der Waals surface area contributed by atoms with E-state index in [0.717, 1.165) is 41.7 Å². The van der Waals surface area contributed by atoms with Crippen molar-refractivity contribution in [1.29, 1.82) is 0 Å². The molecule has 1 heterocycles. The van der Waals surface area contributed by atoms with Crippen LogP contribution in [0.25, 0.3) is 0 Å². The summed E-state index contributed by atoms with van der Waals surface area (Å²) in [7, 11) is 0. The number of nitrogens with one attached hydrogen (secondary N) is 1. The Morgan fingerprint density at radius 2 is 2.19 bits per heavy atom. The monoisotopic (exact) mass is 352 g/mol. The summed E-state index contributed by atoms with van der Waals surface area (Å²) in [6, 6.07) is 6.44. The minimum Gasteiger partial charge on any atom is -0.494 e. The van der Waals surface area contributed by atoms with Crippen LogP contribution in [0.15, 0.2) is 22.7 Å². The third kappa shape index (κ3) is 3.40. The minimum absolute atomic E-state index is 0.160. The average Bonchev–Trinajstić information content (AvgIpc) is 3.21. The molecule has 1 amide bonds. The van der Waals surface area contributed by atoms with E-state index in [1.807, 2.05) is 19.1 Å². The molecule has 114 valence electrons. The fourth-order valence-corrected chi connectivity index (χ4v) is 3.03. The van der Waals surface area contributed by atoms with Crippen LogP contribution in [-0.2, 0) is 11.3 Å². The molecule has 0 aromatic heterocycles. The molecule has 0 unspecified atom stereocenters. The first-order valence-corrected chi connectivity index (χ1v) is 8.40. The van der Waals surface area contributed by atoms with Crippen molar-refractivity contribution in [2.45, 2.75) is 32.4 Å². The van der Waals surface area contributed by atoms with E-state index < -0.39 is 0 Å². The number of ether oxygens (including phenoxy) is 1. The Labute approximate surface area is 134 Å². The molecular weight excluding hydrogens is 332 g/mol. The summed E-state index contributed by atoms with van der Waals surface area (Å²) < 4.78 is 6.73. The summed E-state index contributed by atoms with van der Waals surface area (Å²) in [5.74, 6) is 1.33. The highest BCUT2D eigenvalue weighted by atomic mass is 79.9. The van der Waals surface area contributed by atoms with Crippen molar-refractivity contribution in [1.82, 2.24) is 10.2 Å². The van der Waals surface area contributed by atoms with Crippen LogP contribution in [0.3, 0.4) is 0 Å². The lowest BCUT2D eigenvalue weighted by atomic mass is 10.0. The molecule has 2 aliphatic rings. The van der Waals surface area contributed by atoms with E-state index in [-0.39, 0.29) is 5.92 Å². The first-order valence-electron chi connectivity index (χ1n) is 7.61. The van der Waals surface area contributed by atoms with Crippen LogP contribution in [0, 0.1) is 5.92 Å². The zero-order valence-electron chi connectivity index (χ0n) is 12.3. The molecule has 1 N–H and O–H groups in total. The number of halogens is 1. The number of hydrogen-bond donors (Lipinski definition) is 1. The molecule has 4 nitrogen and oxygen atoms in total. The Bertz CT molecular complexity index is 527. The van der Waals surface area contributed by atoms with Crippen molar-refractivity contribution in [3.8, 4) is 5.75 Å². The van der Waals surface area contributed by atoms with Gasteiger partial charge in [0.1, 0.15) is 5.75 Å². The normalized spacial score (nSPS) is 18.2. The van der Waals surface area contributed by atoms with Crippen molar-refractivity contribution in [2.24, 2.45) is 5.92 Å². The lowest BCUT2D eigenvalue weighted by Gasteiger charge is -2.33. The summed E-state index contributed by atoms with van der Waals surface area (Å²) in [5.41, 5.74) is 1.08. The van der Waals surface area contributed by atoms with E-state index in [4.69, 9.17) is 4.74 Å². The van der Waals surface area contributed by atoms with Crippen LogP contribution in [0.4, 0.5) is 0 Å². The Balaban J connectivity index is 1.78. The van der Waals surface area contributed by atoms with Gasteiger partial charge in [0.15, 0.2) is 0 Å².